The van der Waals surface area contributed by atoms with Gasteiger partial charge >= 0.3 is 0 Å². The molecule has 0 atom stereocenters. The average Bonchev–Trinajstić information content (AvgIpc) is 2.67. The summed E-state index contributed by atoms with van der Waals surface area (Å²) in [6.07, 6.45) is 13.8. The number of hydrogen-bond acceptors (Lipinski definition) is 4. The number of benzene rings is 1. The van der Waals surface area contributed by atoms with Crippen molar-refractivity contribution in [2.24, 2.45) is 5.10 Å². The summed E-state index contributed by atoms with van der Waals surface area (Å²) in [7, 11) is -3.66. The van der Waals surface area contributed by atoms with Gasteiger partial charge in [-0.05, 0) is 50.3 Å². The Balaban J connectivity index is 2.05. The minimum Gasteiger partial charge on any atom is -0.271 e. The molecule has 0 aromatic heterocycles. The predicted molar refractivity (Wildman–Crippen MR) is 125 cm³/mol. The lowest BCUT2D eigenvalue weighted by Crippen LogP contribution is -2.39. The molecule has 0 saturated heterocycles. The van der Waals surface area contributed by atoms with Crippen molar-refractivity contribution in [3.05, 3.63) is 28.8 Å². The van der Waals surface area contributed by atoms with E-state index in [0.29, 0.717) is 10.7 Å². The van der Waals surface area contributed by atoms with Crippen LogP contribution in [0.5, 0.6) is 0 Å². The van der Waals surface area contributed by atoms with Crippen LogP contribution in [0.25, 0.3) is 0 Å². The molecule has 0 aliphatic heterocycles. The molecule has 0 unspecified atom stereocenters. The Labute approximate surface area is 186 Å². The van der Waals surface area contributed by atoms with E-state index >= 15 is 0 Å². The Morgan fingerprint density at radius 2 is 1.57 bits per heavy atom. The number of hydrogen-bond donors (Lipinski definition) is 1. The van der Waals surface area contributed by atoms with Gasteiger partial charge in [0.2, 0.25) is 10.0 Å². The first-order chi connectivity index (χ1) is 14.3. The van der Waals surface area contributed by atoms with Gasteiger partial charge in [-0.25, -0.2) is 13.8 Å². The summed E-state index contributed by atoms with van der Waals surface area (Å²) in [6.45, 7) is 1.45. The summed E-state index contributed by atoms with van der Waals surface area (Å²) in [4.78, 5) is 12.5. The lowest BCUT2D eigenvalue weighted by molar-refractivity contribution is -0.119. The van der Waals surface area contributed by atoms with Crippen molar-refractivity contribution in [3.63, 3.8) is 0 Å². The quantitative estimate of drug-likeness (QED) is 0.620. The molecule has 1 N–H and O–H groups in total. The molecule has 1 aromatic carbocycles. The summed E-state index contributed by atoms with van der Waals surface area (Å²) in [5.74, 6) is -0.460. The monoisotopic (exact) mass is 455 g/mol. The van der Waals surface area contributed by atoms with Crippen LogP contribution in [0.1, 0.15) is 76.2 Å². The fraction of sp³-hybridized carbons (Fsp3) is 0.636. The van der Waals surface area contributed by atoms with Crippen LogP contribution >= 0.6 is 11.6 Å². The molecule has 1 aliphatic carbocycles. The van der Waals surface area contributed by atoms with Crippen LogP contribution in [0, 0.1) is 6.92 Å². The van der Waals surface area contributed by atoms with Gasteiger partial charge in [-0.2, -0.15) is 5.10 Å². The maximum Gasteiger partial charge on any atom is 0.260 e. The van der Waals surface area contributed by atoms with E-state index in [-0.39, 0.29) is 6.54 Å². The minimum atomic E-state index is -3.66. The molecular formula is C22H34ClN3O3S. The number of halogens is 1. The number of rotatable bonds is 5. The van der Waals surface area contributed by atoms with E-state index in [1.54, 1.807) is 25.1 Å². The SMILES string of the molecule is Cc1ccc(Cl)cc1N(CC(=O)NN=C1CCCCCCCCCCC1)S(C)(=O)=O. The largest absolute Gasteiger partial charge is 0.271 e. The summed E-state index contributed by atoms with van der Waals surface area (Å²) >= 11 is 6.04. The Bertz CT molecular complexity index is 826. The molecule has 6 nitrogen and oxygen atoms in total. The number of amides is 1. The van der Waals surface area contributed by atoms with Gasteiger partial charge in [0.05, 0.1) is 11.9 Å². The van der Waals surface area contributed by atoms with Gasteiger partial charge in [0.25, 0.3) is 5.91 Å². The molecule has 1 amide bonds. The minimum absolute atomic E-state index is 0.337. The fourth-order valence-electron chi connectivity index (χ4n) is 3.67. The van der Waals surface area contributed by atoms with Crippen molar-refractivity contribution in [2.45, 2.75) is 77.6 Å². The van der Waals surface area contributed by atoms with Crippen molar-refractivity contribution < 1.29 is 13.2 Å². The maximum atomic E-state index is 12.5. The van der Waals surface area contributed by atoms with Crippen molar-refractivity contribution in [1.82, 2.24) is 5.43 Å². The molecule has 30 heavy (non-hydrogen) atoms. The van der Waals surface area contributed by atoms with Gasteiger partial charge in [-0.15, -0.1) is 0 Å². The first kappa shape index (κ1) is 24.7. The second kappa shape index (κ2) is 12.3. The van der Waals surface area contributed by atoms with Crippen LogP contribution in [0.2, 0.25) is 5.02 Å². The third-order valence-corrected chi connectivity index (χ3v) is 6.76. The van der Waals surface area contributed by atoms with Crippen LogP contribution in [0.3, 0.4) is 0 Å². The third kappa shape index (κ3) is 8.64. The Morgan fingerprint density at radius 1 is 1.03 bits per heavy atom. The number of nitrogens with one attached hydrogen (secondary N) is 1. The number of carbonyl (C=O) groups is 1. The Hall–Kier alpha value is -1.60. The standard InChI is InChI=1S/C22H34ClN3O3S/c1-18-14-15-19(23)16-21(18)26(30(2,28)29)17-22(27)25-24-20-12-10-8-6-4-3-5-7-9-11-13-20/h14-16H,3-13,17H2,1-2H3,(H,25,27). The number of nitrogens with zero attached hydrogens (tertiary/aromatic N) is 2. The van der Waals surface area contributed by atoms with Crippen molar-refractivity contribution >= 4 is 38.9 Å². The van der Waals surface area contributed by atoms with E-state index in [4.69, 9.17) is 11.6 Å². The number of anilines is 1. The highest BCUT2D eigenvalue weighted by atomic mass is 35.5. The van der Waals surface area contributed by atoms with Gasteiger partial charge < -0.3 is 0 Å². The highest BCUT2D eigenvalue weighted by Crippen LogP contribution is 2.26. The molecule has 1 aromatic rings. The summed E-state index contributed by atoms with van der Waals surface area (Å²) in [6, 6.07) is 4.99. The van der Waals surface area contributed by atoms with E-state index in [1.807, 2.05) is 0 Å². The van der Waals surface area contributed by atoms with Crippen LogP contribution < -0.4 is 9.73 Å². The van der Waals surface area contributed by atoms with E-state index in [9.17, 15) is 13.2 Å². The molecule has 0 bridgehead atoms. The molecule has 168 valence electrons. The zero-order valence-corrected chi connectivity index (χ0v) is 19.7. The summed E-state index contributed by atoms with van der Waals surface area (Å²) in [5, 5.41) is 4.76. The highest BCUT2D eigenvalue weighted by Gasteiger charge is 2.22. The molecule has 0 heterocycles. The number of aryl methyl sites for hydroxylation is 1. The Kier molecular flexibility index (Phi) is 10.1. The second-order valence-corrected chi connectivity index (χ2v) is 10.4. The first-order valence-electron chi connectivity index (χ1n) is 10.9. The van der Waals surface area contributed by atoms with Crippen molar-refractivity contribution in [2.75, 3.05) is 17.1 Å². The fourth-order valence-corrected chi connectivity index (χ4v) is 4.74. The highest BCUT2D eigenvalue weighted by molar-refractivity contribution is 7.92. The lowest BCUT2D eigenvalue weighted by Gasteiger charge is -2.23. The third-order valence-electron chi connectivity index (χ3n) is 5.40. The van der Waals surface area contributed by atoms with Gasteiger partial charge in [-0.3, -0.25) is 9.10 Å². The van der Waals surface area contributed by atoms with Crippen molar-refractivity contribution in [3.8, 4) is 0 Å². The van der Waals surface area contributed by atoms with E-state index in [0.717, 1.165) is 47.5 Å². The van der Waals surface area contributed by atoms with Crippen LogP contribution in [-0.4, -0.2) is 32.8 Å². The lowest BCUT2D eigenvalue weighted by atomic mass is 10.00. The molecule has 1 saturated carbocycles. The molecule has 1 aliphatic rings. The van der Waals surface area contributed by atoms with E-state index < -0.39 is 15.9 Å². The van der Waals surface area contributed by atoms with Crippen molar-refractivity contribution in [1.29, 1.82) is 0 Å². The second-order valence-electron chi connectivity index (χ2n) is 8.10. The molecular weight excluding hydrogens is 422 g/mol. The topological polar surface area (TPSA) is 78.8 Å². The van der Waals surface area contributed by atoms with Crippen LogP contribution in [0.15, 0.2) is 23.3 Å². The zero-order valence-electron chi connectivity index (χ0n) is 18.1. The molecule has 0 radical (unpaired) electrons. The number of sulfonamides is 1. The molecule has 2 rings (SSSR count). The average molecular weight is 456 g/mol. The van der Waals surface area contributed by atoms with Gasteiger partial charge in [0.1, 0.15) is 6.54 Å². The number of carbonyl (C=O) groups excluding carboxylic acids is 1. The molecule has 1 fully saturated rings. The van der Waals surface area contributed by atoms with E-state index in [2.05, 4.69) is 10.5 Å². The van der Waals surface area contributed by atoms with Crippen LogP contribution in [-0.2, 0) is 14.8 Å². The predicted octanol–water partition coefficient (Wildman–Crippen LogP) is 5.19. The maximum absolute atomic E-state index is 12.5. The summed E-state index contributed by atoms with van der Waals surface area (Å²) in [5.41, 5.74) is 4.70. The molecule has 0 spiro atoms. The van der Waals surface area contributed by atoms with Gasteiger partial charge in [-0.1, -0.05) is 62.6 Å². The van der Waals surface area contributed by atoms with E-state index in [1.165, 1.54) is 44.9 Å². The van der Waals surface area contributed by atoms with Gasteiger partial charge in [0, 0.05) is 10.7 Å². The molecule has 8 heteroatoms. The van der Waals surface area contributed by atoms with Crippen LogP contribution in [0.4, 0.5) is 5.69 Å². The zero-order chi connectivity index (χ0) is 22.0. The first-order valence-corrected chi connectivity index (χ1v) is 13.1. The Morgan fingerprint density at radius 3 is 2.10 bits per heavy atom. The number of hydrazone groups is 1. The van der Waals surface area contributed by atoms with Gasteiger partial charge in [0.15, 0.2) is 0 Å². The normalized spacial score (nSPS) is 16.8. The smallest absolute Gasteiger partial charge is 0.260 e. The summed E-state index contributed by atoms with van der Waals surface area (Å²) < 4.78 is 25.7.